The summed E-state index contributed by atoms with van der Waals surface area (Å²) in [6.45, 7) is 6.70. The topological polar surface area (TPSA) is 144 Å². The molecule has 1 aliphatic rings. The van der Waals surface area contributed by atoms with Gasteiger partial charge in [-0.2, -0.15) is 0 Å². The van der Waals surface area contributed by atoms with Crippen LogP contribution in [0.1, 0.15) is 55.1 Å². The van der Waals surface area contributed by atoms with Gasteiger partial charge in [-0.3, -0.25) is 19.8 Å². The maximum atomic E-state index is 13.5. The van der Waals surface area contributed by atoms with Crippen LogP contribution < -0.4 is 20.6 Å². The van der Waals surface area contributed by atoms with Gasteiger partial charge in [0.25, 0.3) is 5.91 Å². The molecule has 3 N–H and O–H groups in total. The first kappa shape index (κ1) is 26.9. The molecule has 194 valence electrons. The van der Waals surface area contributed by atoms with E-state index in [1.54, 1.807) is 5.48 Å². The molecule has 2 atom stereocenters. The highest BCUT2D eigenvalue weighted by Gasteiger charge is 2.47. The number of pyridine rings is 1. The Labute approximate surface area is 210 Å². The minimum absolute atomic E-state index is 0.191. The molecule has 1 fully saturated rings. The minimum atomic E-state index is -1.36. The van der Waals surface area contributed by atoms with Gasteiger partial charge in [0.1, 0.15) is 24.5 Å². The molecule has 1 aromatic carbocycles. The van der Waals surface area contributed by atoms with Crippen LogP contribution in [-0.2, 0) is 21.6 Å². The Morgan fingerprint density at radius 1 is 1.19 bits per heavy atom. The smallest absolute Gasteiger partial charge is 0.266 e. The van der Waals surface area contributed by atoms with E-state index in [1.807, 2.05) is 57.2 Å². The molecule has 0 spiro atoms. The van der Waals surface area contributed by atoms with Crippen molar-refractivity contribution in [2.24, 2.45) is 0 Å². The fraction of sp³-hybridized carbons (Fsp3) is 0.462. The summed E-state index contributed by atoms with van der Waals surface area (Å²) in [7, 11) is 0. The number of nitrogens with zero attached hydrogens (tertiary/aromatic N) is 2. The number of benzene rings is 1. The maximum absolute atomic E-state index is 13.5. The molecule has 1 saturated heterocycles. The van der Waals surface area contributed by atoms with Crippen molar-refractivity contribution in [3.8, 4) is 5.75 Å². The quantitative estimate of drug-likeness (QED) is 0.244. The monoisotopic (exact) mass is 497 g/mol. The van der Waals surface area contributed by atoms with Crippen molar-refractivity contribution in [2.45, 2.75) is 64.5 Å². The molecular weight excluding hydrogens is 464 g/mol. The Hall–Kier alpha value is -3.66. The lowest BCUT2D eigenvalue weighted by Gasteiger charge is -2.29. The number of hydrogen-bond acceptors (Lipinski definition) is 7. The first-order valence-electron chi connectivity index (χ1n) is 12.0. The SMILES string of the molecule is Cc1cc(COc2ccc(C3(C)CCN(C(CCCCNC(=O)[O-])C(=O)NO)C3=O)cc2)cc(C)n1. The Morgan fingerprint density at radius 3 is 2.47 bits per heavy atom. The van der Waals surface area contributed by atoms with Crippen LogP contribution in [0.4, 0.5) is 4.79 Å². The van der Waals surface area contributed by atoms with Crippen LogP contribution in [0.25, 0.3) is 0 Å². The highest BCUT2D eigenvalue weighted by atomic mass is 16.5. The van der Waals surface area contributed by atoms with Gasteiger partial charge in [-0.25, -0.2) is 5.48 Å². The zero-order valence-electron chi connectivity index (χ0n) is 20.9. The van der Waals surface area contributed by atoms with Gasteiger partial charge < -0.3 is 24.9 Å². The third kappa shape index (κ3) is 6.51. The van der Waals surface area contributed by atoms with Crippen LogP contribution >= 0.6 is 0 Å². The van der Waals surface area contributed by atoms with E-state index < -0.39 is 23.5 Å². The summed E-state index contributed by atoms with van der Waals surface area (Å²) >= 11 is 0. The van der Waals surface area contributed by atoms with Crippen molar-refractivity contribution in [1.29, 1.82) is 0 Å². The van der Waals surface area contributed by atoms with E-state index in [9.17, 15) is 24.7 Å². The summed E-state index contributed by atoms with van der Waals surface area (Å²) in [4.78, 5) is 42.1. The molecule has 0 aliphatic carbocycles. The van der Waals surface area contributed by atoms with Gasteiger partial charge in [0.05, 0.1) is 5.41 Å². The Bertz CT molecular complexity index is 1070. The van der Waals surface area contributed by atoms with Gasteiger partial charge >= 0.3 is 0 Å². The van der Waals surface area contributed by atoms with E-state index in [2.05, 4.69) is 10.3 Å². The second-order valence-corrected chi connectivity index (χ2v) is 9.35. The highest BCUT2D eigenvalue weighted by Crippen LogP contribution is 2.37. The standard InChI is InChI=1S/C26H34N4O6/c1-17-14-19(15-18(2)28-17)16-36-21-9-7-20(8-10-21)26(3)11-13-30(24(26)32)22(23(31)29-35)6-4-5-12-27-25(33)34/h7-10,14-15,22,27,35H,4-6,11-13,16H2,1-3H3,(H,29,31)(H,33,34)/p-1. The van der Waals surface area contributed by atoms with Crippen LogP contribution in [0.15, 0.2) is 36.4 Å². The number of unbranched alkanes of at least 4 members (excludes halogenated alkanes) is 1. The number of likely N-dealkylation sites (tertiary alicyclic amines) is 1. The van der Waals surface area contributed by atoms with Crippen molar-refractivity contribution in [1.82, 2.24) is 20.7 Å². The number of amides is 3. The highest BCUT2D eigenvalue weighted by molar-refractivity contribution is 5.94. The summed E-state index contributed by atoms with van der Waals surface area (Å²) in [6, 6.07) is 10.5. The van der Waals surface area contributed by atoms with Crippen LogP contribution in [-0.4, -0.2) is 52.1 Å². The first-order chi connectivity index (χ1) is 17.1. The molecule has 2 unspecified atom stereocenters. The lowest BCUT2D eigenvalue weighted by Crippen LogP contribution is -2.49. The zero-order valence-corrected chi connectivity index (χ0v) is 20.9. The predicted molar refractivity (Wildman–Crippen MR) is 129 cm³/mol. The second kappa shape index (κ2) is 11.9. The molecule has 3 amide bonds. The van der Waals surface area contributed by atoms with Crippen LogP contribution in [0.5, 0.6) is 5.75 Å². The van der Waals surface area contributed by atoms with Gasteiger partial charge in [0.15, 0.2) is 0 Å². The number of ether oxygens (including phenoxy) is 1. The molecular formula is C26H33N4O6-. The van der Waals surface area contributed by atoms with Crippen molar-refractivity contribution >= 4 is 17.9 Å². The molecule has 0 bridgehead atoms. The summed E-state index contributed by atoms with van der Waals surface area (Å²) in [5.74, 6) is -0.175. The van der Waals surface area contributed by atoms with Gasteiger partial charge in [-0.05, 0) is 81.8 Å². The number of carbonyl (C=O) groups is 3. The summed E-state index contributed by atoms with van der Waals surface area (Å²) in [5, 5.41) is 21.9. The number of carbonyl (C=O) groups excluding carboxylic acids is 3. The lowest BCUT2D eigenvalue weighted by atomic mass is 9.81. The number of hydrogen-bond donors (Lipinski definition) is 3. The average Bonchev–Trinajstić information content (AvgIpc) is 3.14. The molecule has 2 heterocycles. The molecule has 3 rings (SSSR count). The molecule has 0 saturated carbocycles. The molecule has 0 radical (unpaired) electrons. The second-order valence-electron chi connectivity index (χ2n) is 9.35. The van der Waals surface area contributed by atoms with Crippen molar-refractivity contribution in [2.75, 3.05) is 13.1 Å². The summed E-state index contributed by atoms with van der Waals surface area (Å²) < 4.78 is 5.91. The maximum Gasteiger partial charge on any atom is 0.266 e. The summed E-state index contributed by atoms with van der Waals surface area (Å²) in [5.41, 5.74) is 4.56. The van der Waals surface area contributed by atoms with Gasteiger partial charge in [-0.15, -0.1) is 0 Å². The van der Waals surface area contributed by atoms with Gasteiger partial charge in [0.2, 0.25) is 5.91 Å². The average molecular weight is 498 g/mol. The third-order valence-electron chi connectivity index (χ3n) is 6.59. The third-order valence-corrected chi connectivity index (χ3v) is 6.59. The van der Waals surface area contributed by atoms with Crippen LogP contribution in [0.2, 0.25) is 0 Å². The van der Waals surface area contributed by atoms with E-state index in [0.29, 0.717) is 44.6 Å². The molecule has 36 heavy (non-hydrogen) atoms. The molecule has 1 aromatic heterocycles. The number of aryl methyl sites for hydroxylation is 2. The van der Waals surface area contributed by atoms with E-state index >= 15 is 0 Å². The zero-order chi connectivity index (χ0) is 26.3. The van der Waals surface area contributed by atoms with Gasteiger partial charge in [-0.1, -0.05) is 12.1 Å². The van der Waals surface area contributed by atoms with Gasteiger partial charge in [0, 0.05) is 24.5 Å². The van der Waals surface area contributed by atoms with Crippen molar-refractivity contribution < 1.29 is 29.4 Å². The predicted octanol–water partition coefficient (Wildman–Crippen LogP) is 1.74. The number of nitrogens with one attached hydrogen (secondary N) is 2. The Morgan fingerprint density at radius 2 is 1.86 bits per heavy atom. The molecule has 10 nitrogen and oxygen atoms in total. The van der Waals surface area contributed by atoms with Crippen molar-refractivity contribution in [3.05, 3.63) is 58.9 Å². The molecule has 10 heteroatoms. The molecule has 2 aromatic rings. The van der Waals surface area contributed by atoms with Crippen LogP contribution in [0.3, 0.4) is 0 Å². The Balaban J connectivity index is 1.64. The largest absolute Gasteiger partial charge is 0.530 e. The molecule has 1 aliphatic heterocycles. The van der Waals surface area contributed by atoms with E-state index in [-0.39, 0.29) is 12.5 Å². The van der Waals surface area contributed by atoms with E-state index in [0.717, 1.165) is 22.5 Å². The minimum Gasteiger partial charge on any atom is -0.530 e. The number of aromatic nitrogens is 1. The van der Waals surface area contributed by atoms with E-state index in [4.69, 9.17) is 4.74 Å². The fourth-order valence-corrected chi connectivity index (χ4v) is 4.68. The normalized spacial score (nSPS) is 18.1. The number of hydroxylamine groups is 1. The first-order valence-corrected chi connectivity index (χ1v) is 12.0. The lowest BCUT2D eigenvalue weighted by molar-refractivity contribution is -0.250. The summed E-state index contributed by atoms with van der Waals surface area (Å²) in [6.07, 6.45) is 0.417. The number of rotatable bonds is 11. The van der Waals surface area contributed by atoms with Crippen LogP contribution in [0, 0.1) is 13.8 Å². The fourth-order valence-electron chi connectivity index (χ4n) is 4.68. The Kier molecular flexibility index (Phi) is 8.87. The number of carboxylic acid groups (broad SMARTS) is 1. The van der Waals surface area contributed by atoms with Crippen molar-refractivity contribution in [3.63, 3.8) is 0 Å². The van der Waals surface area contributed by atoms with E-state index in [1.165, 1.54) is 4.90 Å².